The van der Waals surface area contributed by atoms with Gasteiger partial charge in [0, 0.05) is 6.61 Å². The molecule has 1 N–H and O–H groups in total. The highest BCUT2D eigenvalue weighted by Crippen LogP contribution is 2.28. The highest BCUT2D eigenvalue weighted by molar-refractivity contribution is 4.72. The normalized spacial score (nSPS) is 20.2. The van der Waals surface area contributed by atoms with Crippen molar-refractivity contribution < 1.29 is 9.84 Å². The maximum absolute atomic E-state index is 9.26. The molecule has 0 saturated heterocycles. The van der Waals surface area contributed by atoms with E-state index >= 15 is 0 Å². The van der Waals surface area contributed by atoms with Crippen molar-refractivity contribution in [3.63, 3.8) is 0 Å². The molecule has 2 nitrogen and oxygen atoms in total. The predicted octanol–water partition coefficient (Wildman–Crippen LogP) is 1.57. The Hall–Kier alpha value is -0.0800. The van der Waals surface area contributed by atoms with Gasteiger partial charge in [0.2, 0.25) is 0 Å². The van der Waals surface area contributed by atoms with E-state index in [1.807, 2.05) is 0 Å². The molecule has 0 aromatic carbocycles. The zero-order valence-electron chi connectivity index (χ0n) is 7.25. The zero-order valence-corrected chi connectivity index (χ0v) is 7.25. The Morgan fingerprint density at radius 3 is 2.82 bits per heavy atom. The molecule has 0 amide bonds. The molecule has 1 rings (SSSR count). The van der Waals surface area contributed by atoms with E-state index in [0.717, 1.165) is 25.4 Å². The third-order valence-electron chi connectivity index (χ3n) is 1.98. The van der Waals surface area contributed by atoms with Crippen LogP contribution in [0.1, 0.15) is 32.6 Å². The molecule has 0 aliphatic heterocycles. The van der Waals surface area contributed by atoms with Crippen molar-refractivity contribution in [3.8, 4) is 0 Å². The summed E-state index contributed by atoms with van der Waals surface area (Å²) in [5.41, 5.74) is 0. The Bertz CT molecular complexity index is 99.7. The summed E-state index contributed by atoms with van der Waals surface area (Å²) in [6.45, 7) is 3.47. The summed E-state index contributed by atoms with van der Waals surface area (Å²) in [7, 11) is 0. The summed E-state index contributed by atoms with van der Waals surface area (Å²) in [6.07, 6.45) is 4.31. The number of aliphatic hydroxyl groups is 1. The summed E-state index contributed by atoms with van der Waals surface area (Å²) in [5.74, 6) is 0.809. The van der Waals surface area contributed by atoms with Gasteiger partial charge in [-0.15, -0.1) is 0 Å². The molecule has 1 fully saturated rings. The molecule has 1 saturated carbocycles. The van der Waals surface area contributed by atoms with Gasteiger partial charge in [-0.25, -0.2) is 0 Å². The average Bonchev–Trinajstić information content (AvgIpc) is 2.72. The van der Waals surface area contributed by atoms with Crippen molar-refractivity contribution in [1.82, 2.24) is 0 Å². The van der Waals surface area contributed by atoms with Crippen molar-refractivity contribution in [2.45, 2.75) is 38.7 Å². The van der Waals surface area contributed by atoms with Gasteiger partial charge >= 0.3 is 0 Å². The molecular weight excluding hydrogens is 140 g/mol. The maximum atomic E-state index is 9.26. The van der Waals surface area contributed by atoms with Gasteiger partial charge in [-0.05, 0) is 25.2 Å². The lowest BCUT2D eigenvalue weighted by atomic mass is 10.2. The second-order valence-corrected chi connectivity index (χ2v) is 3.42. The molecule has 0 aromatic rings. The highest BCUT2D eigenvalue weighted by atomic mass is 16.5. The Labute approximate surface area is 68.6 Å². The number of hydrogen-bond donors (Lipinski definition) is 1. The van der Waals surface area contributed by atoms with Crippen molar-refractivity contribution in [1.29, 1.82) is 0 Å². The standard InChI is InChI=1S/C9H18O2/c1-2-3-9(10)7-11-6-8-4-5-8/h8-10H,2-7H2,1H3. The van der Waals surface area contributed by atoms with Crippen LogP contribution in [0.3, 0.4) is 0 Å². The molecule has 0 radical (unpaired) electrons. The summed E-state index contributed by atoms with van der Waals surface area (Å²) in [5, 5.41) is 9.26. The minimum absolute atomic E-state index is 0.237. The molecule has 1 aliphatic carbocycles. The van der Waals surface area contributed by atoms with Gasteiger partial charge < -0.3 is 9.84 Å². The van der Waals surface area contributed by atoms with Gasteiger partial charge in [0.1, 0.15) is 0 Å². The van der Waals surface area contributed by atoms with Gasteiger partial charge in [-0.2, -0.15) is 0 Å². The quantitative estimate of drug-likeness (QED) is 0.636. The maximum Gasteiger partial charge on any atom is 0.0773 e. The second-order valence-electron chi connectivity index (χ2n) is 3.42. The van der Waals surface area contributed by atoms with Crippen LogP contribution < -0.4 is 0 Å². The lowest BCUT2D eigenvalue weighted by Gasteiger charge is -2.08. The first-order valence-corrected chi connectivity index (χ1v) is 4.58. The van der Waals surface area contributed by atoms with E-state index in [-0.39, 0.29) is 6.10 Å². The Morgan fingerprint density at radius 2 is 2.27 bits per heavy atom. The lowest BCUT2D eigenvalue weighted by Crippen LogP contribution is -2.15. The Balaban J connectivity index is 1.84. The second kappa shape index (κ2) is 4.73. The third kappa shape index (κ3) is 4.38. The topological polar surface area (TPSA) is 29.5 Å². The fraction of sp³-hybridized carbons (Fsp3) is 1.00. The lowest BCUT2D eigenvalue weighted by molar-refractivity contribution is 0.0279. The van der Waals surface area contributed by atoms with Crippen LogP contribution in [-0.2, 0) is 4.74 Å². The number of hydrogen-bond acceptors (Lipinski definition) is 2. The van der Waals surface area contributed by atoms with Crippen LogP contribution in [0.2, 0.25) is 0 Å². The van der Waals surface area contributed by atoms with Gasteiger partial charge in [0.05, 0.1) is 12.7 Å². The van der Waals surface area contributed by atoms with E-state index < -0.39 is 0 Å². The molecule has 2 heteroatoms. The molecule has 0 bridgehead atoms. The van der Waals surface area contributed by atoms with Crippen LogP contribution in [0, 0.1) is 5.92 Å². The van der Waals surface area contributed by atoms with Crippen molar-refractivity contribution in [2.24, 2.45) is 5.92 Å². The van der Waals surface area contributed by atoms with Gasteiger partial charge in [-0.1, -0.05) is 13.3 Å². The minimum atomic E-state index is -0.237. The van der Waals surface area contributed by atoms with Gasteiger partial charge in [0.15, 0.2) is 0 Å². The van der Waals surface area contributed by atoms with E-state index in [1.54, 1.807) is 0 Å². The first kappa shape index (κ1) is 9.01. The van der Waals surface area contributed by atoms with Crippen LogP contribution >= 0.6 is 0 Å². The van der Waals surface area contributed by atoms with E-state index in [1.165, 1.54) is 12.8 Å². The van der Waals surface area contributed by atoms with E-state index in [0.29, 0.717) is 6.61 Å². The molecule has 1 aliphatic rings. The van der Waals surface area contributed by atoms with Crippen LogP contribution in [0.5, 0.6) is 0 Å². The van der Waals surface area contributed by atoms with Crippen LogP contribution in [0.25, 0.3) is 0 Å². The summed E-state index contributed by atoms with van der Waals surface area (Å²) in [6, 6.07) is 0. The molecular formula is C9H18O2. The van der Waals surface area contributed by atoms with Crippen LogP contribution in [-0.4, -0.2) is 24.4 Å². The molecule has 66 valence electrons. The Morgan fingerprint density at radius 1 is 1.55 bits per heavy atom. The first-order valence-electron chi connectivity index (χ1n) is 4.58. The van der Waals surface area contributed by atoms with Crippen LogP contribution in [0.15, 0.2) is 0 Å². The van der Waals surface area contributed by atoms with Crippen molar-refractivity contribution in [3.05, 3.63) is 0 Å². The zero-order chi connectivity index (χ0) is 8.10. The predicted molar refractivity (Wildman–Crippen MR) is 44.5 cm³/mol. The first-order chi connectivity index (χ1) is 5.33. The van der Waals surface area contributed by atoms with E-state index in [2.05, 4.69) is 6.92 Å². The third-order valence-corrected chi connectivity index (χ3v) is 1.98. The Kier molecular flexibility index (Phi) is 3.87. The molecule has 1 atom stereocenters. The summed E-state index contributed by atoms with van der Waals surface area (Å²) in [4.78, 5) is 0. The largest absolute Gasteiger partial charge is 0.391 e. The highest BCUT2D eigenvalue weighted by Gasteiger charge is 2.21. The SMILES string of the molecule is CCCC(O)COCC1CC1. The summed E-state index contributed by atoms with van der Waals surface area (Å²) < 4.78 is 5.32. The molecule has 0 heterocycles. The molecule has 1 unspecified atom stereocenters. The monoisotopic (exact) mass is 158 g/mol. The smallest absolute Gasteiger partial charge is 0.0773 e. The fourth-order valence-corrected chi connectivity index (χ4v) is 1.07. The number of rotatable bonds is 6. The van der Waals surface area contributed by atoms with Crippen LogP contribution in [0.4, 0.5) is 0 Å². The van der Waals surface area contributed by atoms with Gasteiger partial charge in [0.25, 0.3) is 0 Å². The van der Waals surface area contributed by atoms with Crippen molar-refractivity contribution >= 4 is 0 Å². The fourth-order valence-electron chi connectivity index (χ4n) is 1.07. The van der Waals surface area contributed by atoms with E-state index in [4.69, 9.17) is 4.74 Å². The number of aliphatic hydroxyl groups excluding tert-OH is 1. The minimum Gasteiger partial charge on any atom is -0.391 e. The average molecular weight is 158 g/mol. The number of ether oxygens (including phenoxy) is 1. The molecule has 0 aromatic heterocycles. The molecule has 0 spiro atoms. The summed E-state index contributed by atoms with van der Waals surface area (Å²) >= 11 is 0. The van der Waals surface area contributed by atoms with E-state index in [9.17, 15) is 5.11 Å². The van der Waals surface area contributed by atoms with Gasteiger partial charge in [-0.3, -0.25) is 0 Å². The van der Waals surface area contributed by atoms with Crippen molar-refractivity contribution in [2.75, 3.05) is 13.2 Å². The molecule has 11 heavy (non-hydrogen) atoms.